The molecule has 0 aliphatic heterocycles. The Bertz CT molecular complexity index is 1190. The van der Waals surface area contributed by atoms with Gasteiger partial charge in [-0.2, -0.15) is 0 Å². The molecule has 126 valence electrons. The molecule has 0 aliphatic carbocycles. The smallest absolute Gasteiger partial charge is 0.264 e. The highest BCUT2D eigenvalue weighted by molar-refractivity contribution is 7.17. The molecule has 0 radical (unpaired) electrons. The first kappa shape index (κ1) is 16.2. The Balaban J connectivity index is 2.01. The molecule has 0 saturated carbocycles. The minimum Gasteiger partial charge on any atom is -0.280 e. The number of terminal acetylenes is 1. The van der Waals surface area contributed by atoms with Crippen molar-refractivity contribution in [2.24, 2.45) is 0 Å². The first-order chi connectivity index (χ1) is 12.7. The van der Waals surface area contributed by atoms with Crippen LogP contribution < -0.4 is 5.56 Å². The lowest BCUT2D eigenvalue weighted by molar-refractivity contribution is 0.628. The van der Waals surface area contributed by atoms with Gasteiger partial charge in [-0.05, 0) is 17.7 Å². The molecule has 2 heterocycles. The van der Waals surface area contributed by atoms with Gasteiger partial charge in [0.25, 0.3) is 5.56 Å². The van der Waals surface area contributed by atoms with Gasteiger partial charge < -0.3 is 0 Å². The fraction of sp³-hybridized carbons (Fsp3) is 0.0476. The Kier molecular flexibility index (Phi) is 4.11. The molecule has 3 nitrogen and oxygen atoms in total. The highest BCUT2D eigenvalue weighted by Crippen LogP contribution is 2.32. The fourth-order valence-electron chi connectivity index (χ4n) is 2.91. The molecule has 0 N–H and O–H groups in total. The van der Waals surface area contributed by atoms with Crippen LogP contribution in [0, 0.1) is 18.2 Å². The molecule has 0 spiro atoms. The molecule has 0 atom stereocenters. The van der Waals surface area contributed by atoms with Crippen molar-refractivity contribution >= 4 is 21.6 Å². The Morgan fingerprint density at radius 2 is 1.81 bits per heavy atom. The van der Waals surface area contributed by atoms with E-state index in [9.17, 15) is 9.18 Å². The van der Waals surface area contributed by atoms with E-state index in [2.05, 4.69) is 5.92 Å². The van der Waals surface area contributed by atoms with E-state index in [1.165, 1.54) is 28.0 Å². The van der Waals surface area contributed by atoms with Gasteiger partial charge in [0.1, 0.15) is 16.5 Å². The standard InChI is InChI=1S/C21H13FN2OS/c1-2-12-24-19(15-6-4-3-5-7-15)23-20-18(21(24)25)17(13-26-20)14-8-10-16(22)11-9-14/h1,3-11,13H,12H2. The van der Waals surface area contributed by atoms with E-state index in [0.29, 0.717) is 16.0 Å². The largest absolute Gasteiger partial charge is 0.280 e. The first-order valence-corrected chi connectivity index (χ1v) is 8.84. The maximum Gasteiger partial charge on any atom is 0.264 e. The lowest BCUT2D eigenvalue weighted by Gasteiger charge is -2.10. The number of aromatic nitrogens is 2. The highest BCUT2D eigenvalue weighted by atomic mass is 32.1. The molecule has 4 aromatic rings. The predicted octanol–water partition coefficient (Wildman–Crippen LogP) is 4.56. The molecule has 2 aromatic carbocycles. The van der Waals surface area contributed by atoms with Crippen LogP contribution >= 0.6 is 11.3 Å². The maximum atomic E-state index is 13.2. The van der Waals surface area contributed by atoms with Crippen molar-refractivity contribution in [2.75, 3.05) is 0 Å². The Hall–Kier alpha value is -3.23. The second kappa shape index (κ2) is 6.58. The number of nitrogens with zero attached hydrogens (tertiary/aromatic N) is 2. The molecular weight excluding hydrogens is 347 g/mol. The van der Waals surface area contributed by atoms with Crippen LogP contribution in [0.3, 0.4) is 0 Å². The summed E-state index contributed by atoms with van der Waals surface area (Å²) in [6.07, 6.45) is 5.49. The number of benzene rings is 2. The van der Waals surface area contributed by atoms with Gasteiger partial charge in [0.05, 0.1) is 11.9 Å². The maximum absolute atomic E-state index is 13.2. The minimum atomic E-state index is -0.317. The molecule has 0 fully saturated rings. The number of fused-ring (bicyclic) bond motifs is 1. The summed E-state index contributed by atoms with van der Waals surface area (Å²) in [5.41, 5.74) is 2.16. The number of hydrogen-bond acceptors (Lipinski definition) is 3. The van der Waals surface area contributed by atoms with Gasteiger partial charge in [0.15, 0.2) is 0 Å². The van der Waals surface area contributed by atoms with E-state index < -0.39 is 0 Å². The molecule has 0 saturated heterocycles. The van der Waals surface area contributed by atoms with Crippen molar-refractivity contribution in [3.63, 3.8) is 0 Å². The van der Waals surface area contributed by atoms with E-state index in [1.807, 2.05) is 35.7 Å². The summed E-state index contributed by atoms with van der Waals surface area (Å²) in [6, 6.07) is 15.6. The van der Waals surface area contributed by atoms with Crippen molar-refractivity contribution in [1.82, 2.24) is 9.55 Å². The van der Waals surface area contributed by atoms with Gasteiger partial charge >= 0.3 is 0 Å². The molecule has 26 heavy (non-hydrogen) atoms. The number of rotatable bonds is 3. The van der Waals surface area contributed by atoms with E-state index in [1.54, 1.807) is 12.1 Å². The minimum absolute atomic E-state index is 0.130. The van der Waals surface area contributed by atoms with Crippen LogP contribution in [0.4, 0.5) is 4.39 Å². The summed E-state index contributed by atoms with van der Waals surface area (Å²) in [7, 11) is 0. The Morgan fingerprint density at radius 3 is 2.50 bits per heavy atom. The van der Waals surface area contributed by atoms with E-state index in [0.717, 1.165) is 16.7 Å². The summed E-state index contributed by atoms with van der Waals surface area (Å²) in [5, 5.41) is 2.39. The van der Waals surface area contributed by atoms with Gasteiger partial charge in [-0.1, -0.05) is 48.4 Å². The van der Waals surface area contributed by atoms with Gasteiger partial charge in [-0.15, -0.1) is 17.8 Å². The topological polar surface area (TPSA) is 34.9 Å². The number of halogens is 1. The Morgan fingerprint density at radius 1 is 1.08 bits per heavy atom. The molecule has 5 heteroatoms. The van der Waals surface area contributed by atoms with Crippen molar-refractivity contribution in [2.45, 2.75) is 6.54 Å². The fourth-order valence-corrected chi connectivity index (χ4v) is 3.85. The van der Waals surface area contributed by atoms with Gasteiger partial charge in [0.2, 0.25) is 0 Å². The van der Waals surface area contributed by atoms with Crippen LogP contribution in [0.5, 0.6) is 0 Å². The number of thiophene rings is 1. The normalized spacial score (nSPS) is 10.8. The van der Waals surface area contributed by atoms with E-state index in [-0.39, 0.29) is 17.9 Å². The SMILES string of the molecule is C#CCn1c(-c2ccccc2)nc2scc(-c3ccc(F)cc3)c2c1=O. The van der Waals surface area contributed by atoms with Gasteiger partial charge in [0, 0.05) is 16.5 Å². The van der Waals surface area contributed by atoms with Crippen LogP contribution in [0.15, 0.2) is 64.8 Å². The van der Waals surface area contributed by atoms with Crippen molar-refractivity contribution in [3.8, 4) is 34.9 Å². The summed E-state index contributed by atoms with van der Waals surface area (Å²) < 4.78 is 14.7. The summed E-state index contributed by atoms with van der Waals surface area (Å²) in [4.78, 5) is 18.5. The molecule has 0 unspecified atom stereocenters. The van der Waals surface area contributed by atoms with E-state index in [4.69, 9.17) is 11.4 Å². The second-order valence-electron chi connectivity index (χ2n) is 5.73. The number of hydrogen-bond donors (Lipinski definition) is 0. The third-order valence-corrected chi connectivity index (χ3v) is 5.00. The van der Waals surface area contributed by atoms with Crippen molar-refractivity contribution in [3.05, 3.63) is 76.1 Å². The third kappa shape index (κ3) is 2.71. The van der Waals surface area contributed by atoms with Crippen molar-refractivity contribution in [1.29, 1.82) is 0 Å². The third-order valence-electron chi connectivity index (χ3n) is 4.13. The zero-order chi connectivity index (χ0) is 18.1. The summed E-state index contributed by atoms with van der Waals surface area (Å²) in [5.74, 6) is 2.77. The van der Waals surface area contributed by atoms with Gasteiger partial charge in [-0.25, -0.2) is 9.37 Å². The van der Waals surface area contributed by atoms with Crippen molar-refractivity contribution < 1.29 is 4.39 Å². The molecule has 0 aliphatic rings. The lowest BCUT2D eigenvalue weighted by atomic mass is 10.1. The molecule has 2 aromatic heterocycles. The summed E-state index contributed by atoms with van der Waals surface area (Å²) in [6.45, 7) is 0.130. The quantitative estimate of drug-likeness (QED) is 0.502. The van der Waals surface area contributed by atoms with E-state index >= 15 is 0 Å². The zero-order valence-electron chi connectivity index (χ0n) is 13.6. The van der Waals surface area contributed by atoms with Crippen LogP contribution in [0.2, 0.25) is 0 Å². The van der Waals surface area contributed by atoms with Gasteiger partial charge in [-0.3, -0.25) is 9.36 Å². The van der Waals surface area contributed by atoms with Crippen LogP contribution in [0.25, 0.3) is 32.7 Å². The second-order valence-corrected chi connectivity index (χ2v) is 6.59. The predicted molar refractivity (Wildman–Crippen MR) is 104 cm³/mol. The lowest BCUT2D eigenvalue weighted by Crippen LogP contribution is -2.22. The van der Waals surface area contributed by atoms with Crippen LogP contribution in [0.1, 0.15) is 0 Å². The first-order valence-electron chi connectivity index (χ1n) is 7.96. The average Bonchev–Trinajstić information content (AvgIpc) is 3.09. The van der Waals surface area contributed by atoms with Crippen LogP contribution in [-0.4, -0.2) is 9.55 Å². The monoisotopic (exact) mass is 360 g/mol. The molecule has 0 bridgehead atoms. The molecule has 4 rings (SSSR count). The average molecular weight is 360 g/mol. The summed E-state index contributed by atoms with van der Waals surface area (Å²) >= 11 is 1.39. The molecule has 0 amide bonds. The zero-order valence-corrected chi connectivity index (χ0v) is 14.5. The molecular formula is C21H13FN2OS. The highest BCUT2D eigenvalue weighted by Gasteiger charge is 2.17. The van der Waals surface area contributed by atoms with Crippen LogP contribution in [-0.2, 0) is 6.54 Å². The Labute approximate surface area is 153 Å².